The van der Waals surface area contributed by atoms with Crippen molar-refractivity contribution in [3.05, 3.63) is 33.9 Å². The molecule has 2 aromatic heterocycles. The number of hydrogen-bond acceptors (Lipinski definition) is 6. The molecule has 6 nitrogen and oxygen atoms in total. The van der Waals surface area contributed by atoms with Gasteiger partial charge in [0.2, 0.25) is 0 Å². The molecule has 0 aliphatic rings. The Morgan fingerprint density at radius 3 is 2.84 bits per heavy atom. The van der Waals surface area contributed by atoms with Gasteiger partial charge < -0.3 is 16.2 Å². The van der Waals surface area contributed by atoms with Crippen molar-refractivity contribution in [3.8, 4) is 0 Å². The second-order valence-electron chi connectivity index (χ2n) is 3.89. The van der Waals surface area contributed by atoms with E-state index in [-0.39, 0.29) is 5.56 Å². The third-order valence-electron chi connectivity index (χ3n) is 2.52. The summed E-state index contributed by atoms with van der Waals surface area (Å²) in [6, 6.07) is 1.39. The molecule has 7 heteroatoms. The molecule has 4 N–H and O–H groups in total. The van der Waals surface area contributed by atoms with Gasteiger partial charge in [0.05, 0.1) is 17.8 Å². The lowest BCUT2D eigenvalue weighted by atomic mass is 10.2. The van der Waals surface area contributed by atoms with Crippen LogP contribution in [0.2, 0.25) is 0 Å². The zero-order valence-electron chi connectivity index (χ0n) is 10.4. The van der Waals surface area contributed by atoms with Gasteiger partial charge in [-0.2, -0.15) is 0 Å². The maximum absolute atomic E-state index is 10.8. The van der Waals surface area contributed by atoms with Crippen LogP contribution in [0, 0.1) is 0 Å². The maximum Gasteiger partial charge on any atom is 0.337 e. The van der Waals surface area contributed by atoms with E-state index in [9.17, 15) is 4.79 Å². The van der Waals surface area contributed by atoms with Crippen LogP contribution < -0.4 is 11.1 Å². The smallest absolute Gasteiger partial charge is 0.337 e. The molecule has 0 saturated heterocycles. The van der Waals surface area contributed by atoms with Crippen LogP contribution in [0.3, 0.4) is 0 Å². The van der Waals surface area contributed by atoms with E-state index in [1.54, 1.807) is 11.3 Å². The third-order valence-corrected chi connectivity index (χ3v) is 3.66. The summed E-state index contributed by atoms with van der Waals surface area (Å²) in [5, 5.41) is 12.8. The van der Waals surface area contributed by atoms with Crippen molar-refractivity contribution in [3.63, 3.8) is 0 Å². The third kappa shape index (κ3) is 3.19. The number of aromatic nitrogens is 2. The Labute approximate surface area is 114 Å². The Kier molecular flexibility index (Phi) is 3.96. The fourth-order valence-corrected chi connectivity index (χ4v) is 2.30. The summed E-state index contributed by atoms with van der Waals surface area (Å²) in [5.41, 5.74) is 6.14. The fraction of sp³-hybridized carbons (Fsp3) is 0.250. The summed E-state index contributed by atoms with van der Waals surface area (Å²) in [5.74, 6) is -0.573. The lowest BCUT2D eigenvalue weighted by Gasteiger charge is -2.07. The zero-order valence-corrected chi connectivity index (χ0v) is 11.2. The molecular weight excluding hydrogens is 264 g/mol. The molecule has 0 amide bonds. The molecule has 0 saturated carbocycles. The number of anilines is 2. The van der Waals surface area contributed by atoms with Crippen LogP contribution in [-0.4, -0.2) is 21.0 Å². The number of aromatic carboxylic acids is 1. The van der Waals surface area contributed by atoms with E-state index in [0.717, 1.165) is 11.4 Å². The van der Waals surface area contributed by atoms with Crippen LogP contribution in [-0.2, 0) is 13.0 Å². The number of aryl methyl sites for hydroxylation is 1. The minimum atomic E-state index is -1.04. The number of nitrogen functional groups attached to an aromatic ring is 1. The number of hydrogen-bond donors (Lipinski definition) is 3. The largest absolute Gasteiger partial charge is 0.478 e. The van der Waals surface area contributed by atoms with Crippen molar-refractivity contribution >= 4 is 28.8 Å². The van der Waals surface area contributed by atoms with E-state index >= 15 is 0 Å². The first-order valence-corrected chi connectivity index (χ1v) is 6.58. The number of rotatable bonds is 5. The van der Waals surface area contributed by atoms with Gasteiger partial charge in [-0.3, -0.25) is 0 Å². The van der Waals surface area contributed by atoms with E-state index in [1.807, 2.05) is 6.20 Å². The average molecular weight is 278 g/mol. The first-order chi connectivity index (χ1) is 9.10. The van der Waals surface area contributed by atoms with Crippen molar-refractivity contribution in [2.45, 2.75) is 19.9 Å². The highest BCUT2D eigenvalue weighted by Crippen LogP contribution is 2.19. The molecule has 0 radical (unpaired) electrons. The highest BCUT2D eigenvalue weighted by atomic mass is 32.1. The number of carboxylic acids is 1. The minimum absolute atomic E-state index is 0.0746. The highest BCUT2D eigenvalue weighted by Gasteiger charge is 2.08. The predicted molar refractivity (Wildman–Crippen MR) is 74.4 cm³/mol. The zero-order chi connectivity index (χ0) is 13.8. The fourth-order valence-electron chi connectivity index (χ4n) is 1.50. The Bertz CT molecular complexity index is 597. The molecule has 100 valence electrons. The molecule has 0 fully saturated rings. The molecule has 0 spiro atoms. The van der Waals surface area contributed by atoms with E-state index in [2.05, 4.69) is 22.2 Å². The van der Waals surface area contributed by atoms with Crippen LogP contribution in [0.25, 0.3) is 0 Å². The lowest BCUT2D eigenvalue weighted by molar-refractivity contribution is 0.0696. The average Bonchev–Trinajstić information content (AvgIpc) is 2.85. The van der Waals surface area contributed by atoms with E-state index in [0.29, 0.717) is 18.1 Å². The Balaban J connectivity index is 2.05. The molecule has 19 heavy (non-hydrogen) atoms. The Morgan fingerprint density at radius 2 is 2.26 bits per heavy atom. The molecular formula is C12H14N4O2S. The number of nitrogens with zero attached hydrogens (tertiary/aromatic N) is 2. The normalized spacial score (nSPS) is 10.4. The van der Waals surface area contributed by atoms with Gasteiger partial charge in [0, 0.05) is 17.3 Å². The van der Waals surface area contributed by atoms with Crippen molar-refractivity contribution in [1.82, 2.24) is 9.97 Å². The van der Waals surface area contributed by atoms with Crippen LogP contribution in [0.15, 0.2) is 18.5 Å². The highest BCUT2D eigenvalue weighted by molar-refractivity contribution is 7.11. The van der Waals surface area contributed by atoms with Crippen LogP contribution in [0.5, 0.6) is 0 Å². The molecule has 0 atom stereocenters. The minimum Gasteiger partial charge on any atom is -0.478 e. The van der Waals surface area contributed by atoms with E-state index in [1.165, 1.54) is 17.1 Å². The van der Waals surface area contributed by atoms with Gasteiger partial charge in [-0.1, -0.05) is 6.92 Å². The molecule has 2 heterocycles. The van der Waals surface area contributed by atoms with Gasteiger partial charge in [0.15, 0.2) is 0 Å². The van der Waals surface area contributed by atoms with Crippen molar-refractivity contribution in [2.75, 3.05) is 11.1 Å². The summed E-state index contributed by atoms with van der Waals surface area (Å²) in [6.07, 6.45) is 4.09. The summed E-state index contributed by atoms with van der Waals surface area (Å²) in [6.45, 7) is 2.60. The molecule has 0 unspecified atom stereocenters. The van der Waals surface area contributed by atoms with Gasteiger partial charge in [-0.25, -0.2) is 14.8 Å². The second-order valence-corrected chi connectivity index (χ2v) is 5.09. The number of carbonyl (C=O) groups is 1. The molecule has 0 bridgehead atoms. The lowest BCUT2D eigenvalue weighted by Crippen LogP contribution is -2.06. The summed E-state index contributed by atoms with van der Waals surface area (Å²) >= 11 is 1.63. The molecule has 0 aliphatic heterocycles. The second kappa shape index (κ2) is 5.66. The molecule has 2 rings (SSSR count). The van der Waals surface area contributed by atoms with Crippen molar-refractivity contribution < 1.29 is 9.90 Å². The van der Waals surface area contributed by atoms with Crippen LogP contribution >= 0.6 is 11.3 Å². The van der Waals surface area contributed by atoms with Crippen molar-refractivity contribution in [2.24, 2.45) is 0 Å². The van der Waals surface area contributed by atoms with Gasteiger partial charge in [-0.15, -0.1) is 11.3 Å². The Hall–Kier alpha value is -2.15. The summed E-state index contributed by atoms with van der Waals surface area (Å²) in [7, 11) is 0. The standard InChI is InChI=1S/C12H14N4O2S/c1-2-8-5-14-10(19-8)6-16-11-9(13)3-7(4-15-11)12(17)18/h3-5H,2,6,13H2,1H3,(H,15,16)(H,17,18). The van der Waals surface area contributed by atoms with Crippen LogP contribution in [0.4, 0.5) is 11.5 Å². The first-order valence-electron chi connectivity index (χ1n) is 5.76. The van der Waals surface area contributed by atoms with Gasteiger partial charge in [-0.05, 0) is 12.5 Å². The molecule has 2 aromatic rings. The number of pyridine rings is 1. The van der Waals surface area contributed by atoms with Gasteiger partial charge in [0.1, 0.15) is 10.8 Å². The van der Waals surface area contributed by atoms with Gasteiger partial charge in [0.25, 0.3) is 0 Å². The first kappa shape index (κ1) is 13.3. The number of carboxylic acid groups (broad SMARTS) is 1. The van der Waals surface area contributed by atoms with Crippen LogP contribution in [0.1, 0.15) is 27.2 Å². The summed E-state index contributed by atoms with van der Waals surface area (Å²) in [4.78, 5) is 20.2. The number of nitrogens with two attached hydrogens (primary N) is 1. The predicted octanol–water partition coefficient (Wildman–Crippen LogP) is 1.99. The molecule has 0 aromatic carbocycles. The topological polar surface area (TPSA) is 101 Å². The number of thiazole rings is 1. The SMILES string of the molecule is CCc1cnc(CNc2ncc(C(=O)O)cc2N)s1. The van der Waals surface area contributed by atoms with Crippen molar-refractivity contribution in [1.29, 1.82) is 0 Å². The van der Waals surface area contributed by atoms with Gasteiger partial charge >= 0.3 is 5.97 Å². The van der Waals surface area contributed by atoms with E-state index < -0.39 is 5.97 Å². The summed E-state index contributed by atoms with van der Waals surface area (Å²) < 4.78 is 0. The monoisotopic (exact) mass is 278 g/mol. The van der Waals surface area contributed by atoms with E-state index in [4.69, 9.17) is 10.8 Å². The Morgan fingerprint density at radius 1 is 1.47 bits per heavy atom. The number of nitrogens with one attached hydrogen (secondary N) is 1. The molecule has 0 aliphatic carbocycles. The quantitative estimate of drug-likeness (QED) is 0.773. The maximum atomic E-state index is 10.8.